The largest absolute Gasteiger partial charge is 0.508 e. The summed E-state index contributed by atoms with van der Waals surface area (Å²) in [5.41, 5.74) is 7.35. The summed E-state index contributed by atoms with van der Waals surface area (Å²) >= 11 is 0. The van der Waals surface area contributed by atoms with Crippen molar-refractivity contribution in [2.75, 3.05) is 6.54 Å². The van der Waals surface area contributed by atoms with Crippen LogP contribution in [0.3, 0.4) is 0 Å². The molecule has 0 radical (unpaired) electrons. The fourth-order valence-corrected chi connectivity index (χ4v) is 5.17. The van der Waals surface area contributed by atoms with Crippen molar-refractivity contribution < 1.29 is 44.1 Å². The zero-order valence-electron chi connectivity index (χ0n) is 29.7. The summed E-state index contributed by atoms with van der Waals surface area (Å²) in [4.78, 5) is 77.5. The van der Waals surface area contributed by atoms with E-state index in [-0.39, 0.29) is 43.3 Å². The molecule has 0 spiro atoms. The molecule has 0 fully saturated rings. The Labute approximate surface area is 298 Å². The Hall–Kier alpha value is -5.02. The number of carboxylic acids is 1. The van der Waals surface area contributed by atoms with Crippen molar-refractivity contribution >= 4 is 35.5 Å². The number of carbonyl (C=O) groups is 6. The van der Waals surface area contributed by atoms with E-state index in [1.165, 1.54) is 19.1 Å². The zero-order valence-corrected chi connectivity index (χ0v) is 29.7. The predicted octanol–water partition coefficient (Wildman–Crippen LogP) is 0.118. The lowest BCUT2D eigenvalue weighted by molar-refractivity contribution is -0.143. The maximum Gasteiger partial charge on any atom is 0.326 e. The summed E-state index contributed by atoms with van der Waals surface area (Å²) in [5, 5.41) is 41.8. The van der Waals surface area contributed by atoms with E-state index in [0.29, 0.717) is 11.1 Å². The second-order valence-corrected chi connectivity index (χ2v) is 13.5. The first-order valence-corrected chi connectivity index (χ1v) is 16.9. The molecule has 0 aliphatic heterocycles. The molecule has 5 amide bonds. The molecule has 15 heteroatoms. The molecule has 15 nitrogen and oxygen atoms in total. The second kappa shape index (κ2) is 20.6. The molecule has 2 aromatic carbocycles. The first-order chi connectivity index (χ1) is 24.0. The number of phenols is 1. The van der Waals surface area contributed by atoms with Crippen LogP contribution in [0.5, 0.6) is 5.75 Å². The molecule has 0 aromatic heterocycles. The maximum absolute atomic E-state index is 13.6. The molecule has 0 heterocycles. The lowest BCUT2D eigenvalue weighted by Crippen LogP contribution is -2.58. The molecule has 0 bridgehead atoms. The highest BCUT2D eigenvalue weighted by molar-refractivity contribution is 5.95. The minimum absolute atomic E-state index is 0.0169. The molecule has 0 unspecified atom stereocenters. The quantitative estimate of drug-likeness (QED) is 0.0897. The van der Waals surface area contributed by atoms with Crippen LogP contribution in [0.4, 0.5) is 0 Å². The number of hydrogen-bond donors (Lipinski definition) is 9. The molecule has 280 valence electrons. The predicted molar refractivity (Wildman–Crippen MR) is 189 cm³/mol. The minimum atomic E-state index is -1.46. The van der Waals surface area contributed by atoms with Crippen LogP contribution in [0.25, 0.3) is 0 Å². The third-order valence-corrected chi connectivity index (χ3v) is 7.81. The van der Waals surface area contributed by atoms with Gasteiger partial charge in [0.2, 0.25) is 29.5 Å². The number of aliphatic hydroxyl groups is 1. The molecule has 0 aliphatic carbocycles. The van der Waals surface area contributed by atoms with Gasteiger partial charge in [-0.3, -0.25) is 24.0 Å². The van der Waals surface area contributed by atoms with Crippen LogP contribution >= 0.6 is 0 Å². The lowest BCUT2D eigenvalue weighted by Gasteiger charge is -2.26. The topological polar surface area (TPSA) is 249 Å². The number of aliphatic hydroxyl groups excluding tert-OH is 1. The van der Waals surface area contributed by atoms with Crippen molar-refractivity contribution in [3.8, 4) is 5.75 Å². The number of amides is 5. The number of rotatable bonds is 20. The first kappa shape index (κ1) is 42.1. The van der Waals surface area contributed by atoms with E-state index in [4.69, 9.17) is 5.73 Å². The zero-order chi connectivity index (χ0) is 38.2. The Morgan fingerprint density at radius 3 is 1.73 bits per heavy atom. The smallest absolute Gasteiger partial charge is 0.326 e. The SMILES string of the molecule is CC(C)C[C@H](NC(=O)[C@H](CC(C)C)NC(=O)[C@H](Cc1ccccc1)NC(=O)CNC(=O)[C@H](NC(=O)[C@@H](N)Cc1ccc(O)cc1)[C@@H](C)O)C(=O)O. The van der Waals surface area contributed by atoms with Gasteiger partial charge in [-0.05, 0) is 61.3 Å². The van der Waals surface area contributed by atoms with E-state index in [1.54, 1.807) is 42.5 Å². The van der Waals surface area contributed by atoms with Crippen LogP contribution in [0.2, 0.25) is 0 Å². The summed E-state index contributed by atoms with van der Waals surface area (Å²) in [6.07, 6.45) is -0.864. The molecule has 6 atom stereocenters. The summed E-state index contributed by atoms with van der Waals surface area (Å²) in [7, 11) is 0. The third-order valence-electron chi connectivity index (χ3n) is 7.81. The Morgan fingerprint density at radius 2 is 1.18 bits per heavy atom. The number of benzene rings is 2. The summed E-state index contributed by atoms with van der Waals surface area (Å²) in [5.74, 6) is -4.98. The Morgan fingerprint density at radius 1 is 0.647 bits per heavy atom. The van der Waals surface area contributed by atoms with Crippen LogP contribution < -0.4 is 32.3 Å². The van der Waals surface area contributed by atoms with Gasteiger partial charge in [0, 0.05) is 6.42 Å². The molecule has 0 saturated heterocycles. The highest BCUT2D eigenvalue weighted by Gasteiger charge is 2.32. The second-order valence-electron chi connectivity index (χ2n) is 13.5. The van der Waals surface area contributed by atoms with Gasteiger partial charge in [0.25, 0.3) is 0 Å². The summed E-state index contributed by atoms with van der Waals surface area (Å²) in [6, 6.07) is 8.85. The number of carboxylic acid groups (broad SMARTS) is 1. The van der Waals surface area contributed by atoms with Gasteiger partial charge in [0.05, 0.1) is 18.7 Å². The van der Waals surface area contributed by atoms with Gasteiger partial charge in [0.15, 0.2) is 0 Å². The average Bonchev–Trinajstić information content (AvgIpc) is 3.05. The number of carbonyl (C=O) groups excluding carboxylic acids is 5. The van der Waals surface area contributed by atoms with Crippen molar-refractivity contribution in [2.45, 2.75) is 96.6 Å². The Bertz CT molecular complexity index is 1470. The highest BCUT2D eigenvalue weighted by Crippen LogP contribution is 2.12. The van der Waals surface area contributed by atoms with Crippen molar-refractivity contribution in [3.05, 3.63) is 65.7 Å². The normalized spacial score (nSPS) is 14.7. The number of aromatic hydroxyl groups is 1. The van der Waals surface area contributed by atoms with Gasteiger partial charge < -0.3 is 47.6 Å². The van der Waals surface area contributed by atoms with Gasteiger partial charge in [-0.15, -0.1) is 0 Å². The fraction of sp³-hybridized carbons (Fsp3) is 0.500. The monoisotopic (exact) mass is 712 g/mol. The van der Waals surface area contributed by atoms with E-state index in [0.717, 1.165) is 0 Å². The fourth-order valence-electron chi connectivity index (χ4n) is 5.17. The van der Waals surface area contributed by atoms with Crippen LogP contribution in [0.15, 0.2) is 54.6 Å². The molecule has 2 rings (SSSR count). The average molecular weight is 713 g/mol. The first-order valence-electron chi connectivity index (χ1n) is 16.9. The number of hydrogen-bond acceptors (Lipinski definition) is 9. The summed E-state index contributed by atoms with van der Waals surface area (Å²) in [6.45, 7) is 7.99. The standard InChI is InChI=1S/C36H52N6O9/c1-20(2)15-27(33(47)41-29(36(50)51)16-21(3)4)40-34(48)28(18-23-9-7-6-8-10-23)39-30(45)19-38-35(49)31(22(5)43)42-32(46)26(37)17-24-11-13-25(44)14-12-24/h6-14,20-22,26-29,31,43-44H,15-19,37H2,1-5H3,(H,38,49)(H,39,45)(H,40,48)(H,41,47)(H,42,46)(H,50,51)/t22-,26+,27+,28+,29+,31-/m1/s1. The maximum atomic E-state index is 13.6. The van der Waals surface area contributed by atoms with Gasteiger partial charge in [0.1, 0.15) is 29.9 Å². The van der Waals surface area contributed by atoms with Crippen LogP contribution in [0.1, 0.15) is 58.6 Å². The minimum Gasteiger partial charge on any atom is -0.508 e. The molecule has 2 aromatic rings. The molecular weight excluding hydrogens is 660 g/mol. The van der Waals surface area contributed by atoms with Gasteiger partial charge >= 0.3 is 5.97 Å². The van der Waals surface area contributed by atoms with E-state index >= 15 is 0 Å². The Kier molecular flexibility index (Phi) is 17.0. The molecule has 0 aliphatic rings. The number of nitrogens with one attached hydrogen (secondary N) is 5. The van der Waals surface area contributed by atoms with Crippen molar-refractivity contribution in [1.82, 2.24) is 26.6 Å². The van der Waals surface area contributed by atoms with Crippen molar-refractivity contribution in [2.24, 2.45) is 17.6 Å². The third kappa shape index (κ3) is 15.2. The van der Waals surface area contributed by atoms with Crippen molar-refractivity contribution in [1.29, 1.82) is 0 Å². The van der Waals surface area contributed by atoms with Crippen molar-refractivity contribution in [3.63, 3.8) is 0 Å². The van der Waals surface area contributed by atoms with Gasteiger partial charge in [-0.2, -0.15) is 0 Å². The highest BCUT2D eigenvalue weighted by atomic mass is 16.4. The molecule has 0 saturated carbocycles. The van der Waals surface area contributed by atoms with Crippen LogP contribution in [-0.2, 0) is 41.6 Å². The number of nitrogens with two attached hydrogens (primary N) is 1. The Balaban J connectivity index is 2.13. The van der Waals surface area contributed by atoms with Crippen LogP contribution in [0, 0.1) is 11.8 Å². The van der Waals surface area contributed by atoms with E-state index in [9.17, 15) is 44.1 Å². The molecule has 51 heavy (non-hydrogen) atoms. The van der Waals surface area contributed by atoms with Gasteiger partial charge in [-0.1, -0.05) is 70.2 Å². The van der Waals surface area contributed by atoms with E-state index < -0.39 is 78.4 Å². The van der Waals surface area contributed by atoms with E-state index in [2.05, 4.69) is 26.6 Å². The van der Waals surface area contributed by atoms with E-state index in [1.807, 2.05) is 27.7 Å². The number of aliphatic carboxylic acids is 1. The molecular formula is C36H52N6O9. The van der Waals surface area contributed by atoms with Gasteiger partial charge in [-0.25, -0.2) is 4.79 Å². The summed E-state index contributed by atoms with van der Waals surface area (Å²) < 4.78 is 0. The molecule has 10 N–H and O–H groups in total. The lowest BCUT2D eigenvalue weighted by atomic mass is 9.99. The number of phenolic OH excluding ortho intramolecular Hbond substituents is 1. The van der Waals surface area contributed by atoms with Crippen LogP contribution in [-0.4, -0.2) is 93.7 Å².